The Hall–Kier alpha value is -2.04. The molecule has 5 heteroatoms. The van der Waals surface area contributed by atoms with E-state index in [1.54, 1.807) is 6.92 Å². The van der Waals surface area contributed by atoms with Gasteiger partial charge in [0.15, 0.2) is 0 Å². The molecule has 22 heavy (non-hydrogen) atoms. The van der Waals surface area contributed by atoms with Crippen LogP contribution < -0.4 is 10.6 Å². The number of hydrogen-bond acceptors (Lipinski definition) is 2. The first kappa shape index (κ1) is 16.3. The second-order valence-corrected chi connectivity index (χ2v) is 6.12. The van der Waals surface area contributed by atoms with Gasteiger partial charge in [-0.05, 0) is 30.4 Å². The molecule has 1 heterocycles. The zero-order chi connectivity index (χ0) is 16.1. The summed E-state index contributed by atoms with van der Waals surface area (Å²) in [6.07, 6.45) is 1.61. The maximum Gasteiger partial charge on any atom is 0.319 e. The van der Waals surface area contributed by atoms with Gasteiger partial charge in [-0.25, -0.2) is 4.79 Å². The number of urea groups is 1. The minimum absolute atomic E-state index is 0.105. The van der Waals surface area contributed by atoms with E-state index in [2.05, 4.69) is 24.5 Å². The summed E-state index contributed by atoms with van der Waals surface area (Å²) in [4.78, 5) is 25.3. The van der Waals surface area contributed by atoms with Crippen molar-refractivity contribution >= 4 is 17.6 Å². The van der Waals surface area contributed by atoms with Crippen molar-refractivity contribution in [1.29, 1.82) is 0 Å². The molecule has 0 saturated carbocycles. The number of carbonyl (C=O) groups is 2. The van der Waals surface area contributed by atoms with Crippen LogP contribution in [-0.2, 0) is 4.79 Å². The normalized spacial score (nSPS) is 15.7. The lowest BCUT2D eigenvalue weighted by molar-refractivity contribution is -0.129. The van der Waals surface area contributed by atoms with Gasteiger partial charge in [0.2, 0.25) is 5.91 Å². The molecule has 0 aliphatic carbocycles. The molecule has 1 fully saturated rings. The molecule has 1 aliphatic heterocycles. The summed E-state index contributed by atoms with van der Waals surface area (Å²) in [5.41, 5.74) is 1.99. The Balaban J connectivity index is 1.88. The lowest BCUT2D eigenvalue weighted by atomic mass is 10.0. The monoisotopic (exact) mass is 303 g/mol. The van der Waals surface area contributed by atoms with Crippen LogP contribution in [0.1, 0.15) is 45.1 Å². The summed E-state index contributed by atoms with van der Waals surface area (Å²) in [6.45, 7) is 7.22. The third-order valence-electron chi connectivity index (χ3n) is 4.11. The van der Waals surface area contributed by atoms with Crippen LogP contribution in [0.15, 0.2) is 24.3 Å². The third kappa shape index (κ3) is 4.23. The van der Waals surface area contributed by atoms with Gasteiger partial charge in [0.1, 0.15) is 0 Å². The number of rotatable bonds is 3. The van der Waals surface area contributed by atoms with Gasteiger partial charge in [-0.2, -0.15) is 0 Å². The van der Waals surface area contributed by atoms with E-state index in [9.17, 15) is 9.59 Å². The SMILES string of the molecule is CC(=O)N1CCC(NC(=O)Nc2ccccc2C(C)C)CC1. The highest BCUT2D eigenvalue weighted by atomic mass is 16.2. The van der Waals surface area contributed by atoms with Crippen molar-refractivity contribution in [2.75, 3.05) is 18.4 Å². The predicted molar refractivity (Wildman–Crippen MR) is 88.0 cm³/mol. The minimum atomic E-state index is -0.172. The standard InChI is InChI=1S/C17H25N3O2/c1-12(2)15-6-4-5-7-16(15)19-17(22)18-14-8-10-20(11-9-14)13(3)21/h4-7,12,14H,8-11H2,1-3H3,(H2,18,19,22). The number of hydrogen-bond donors (Lipinski definition) is 2. The van der Waals surface area contributed by atoms with E-state index >= 15 is 0 Å². The lowest BCUT2D eigenvalue weighted by Gasteiger charge is -2.31. The molecule has 0 spiro atoms. The summed E-state index contributed by atoms with van der Waals surface area (Å²) in [7, 11) is 0. The van der Waals surface area contributed by atoms with E-state index < -0.39 is 0 Å². The Morgan fingerprint density at radius 2 is 1.82 bits per heavy atom. The van der Waals surface area contributed by atoms with Crippen LogP contribution >= 0.6 is 0 Å². The average Bonchev–Trinajstić information content (AvgIpc) is 2.48. The van der Waals surface area contributed by atoms with Crippen molar-refractivity contribution in [2.45, 2.75) is 45.6 Å². The maximum atomic E-state index is 12.2. The van der Waals surface area contributed by atoms with E-state index in [-0.39, 0.29) is 18.0 Å². The first-order valence-corrected chi connectivity index (χ1v) is 7.89. The molecule has 0 atom stereocenters. The van der Waals surface area contributed by atoms with Gasteiger partial charge in [0.25, 0.3) is 0 Å². The summed E-state index contributed by atoms with van der Waals surface area (Å²) in [6, 6.07) is 7.82. The van der Waals surface area contributed by atoms with Crippen LogP contribution in [0, 0.1) is 0 Å². The van der Waals surface area contributed by atoms with Crippen molar-refractivity contribution in [3.63, 3.8) is 0 Å². The number of amides is 3. The highest BCUT2D eigenvalue weighted by molar-refractivity contribution is 5.90. The van der Waals surface area contributed by atoms with Gasteiger partial charge in [-0.1, -0.05) is 32.0 Å². The molecule has 120 valence electrons. The number of carbonyl (C=O) groups excluding carboxylic acids is 2. The van der Waals surface area contributed by atoms with Crippen LogP contribution in [0.3, 0.4) is 0 Å². The highest BCUT2D eigenvalue weighted by Gasteiger charge is 2.22. The number of benzene rings is 1. The molecule has 1 aliphatic rings. The molecule has 2 rings (SSSR count). The average molecular weight is 303 g/mol. The topological polar surface area (TPSA) is 61.4 Å². The molecule has 1 aromatic rings. The van der Waals surface area contributed by atoms with Gasteiger partial charge in [0, 0.05) is 31.7 Å². The quantitative estimate of drug-likeness (QED) is 0.902. The van der Waals surface area contributed by atoms with E-state index in [1.165, 1.54) is 0 Å². The molecule has 0 aromatic heterocycles. The molecular weight excluding hydrogens is 278 g/mol. The zero-order valence-electron chi connectivity index (χ0n) is 13.6. The van der Waals surface area contributed by atoms with E-state index in [0.717, 1.165) is 24.1 Å². The van der Waals surface area contributed by atoms with E-state index in [4.69, 9.17) is 0 Å². The summed E-state index contributed by atoms with van der Waals surface area (Å²) in [5, 5.41) is 5.95. The molecule has 0 unspecified atom stereocenters. The summed E-state index contributed by atoms with van der Waals surface area (Å²) < 4.78 is 0. The molecule has 2 N–H and O–H groups in total. The Bertz CT molecular complexity index is 534. The molecule has 5 nitrogen and oxygen atoms in total. The molecular formula is C17H25N3O2. The van der Waals surface area contributed by atoms with Crippen molar-refractivity contribution in [3.05, 3.63) is 29.8 Å². The Kier molecular flexibility index (Phi) is 5.41. The van der Waals surface area contributed by atoms with Gasteiger partial charge in [-0.15, -0.1) is 0 Å². The Morgan fingerprint density at radius 3 is 2.41 bits per heavy atom. The first-order chi connectivity index (χ1) is 10.5. The predicted octanol–water partition coefficient (Wildman–Crippen LogP) is 2.94. The largest absolute Gasteiger partial charge is 0.343 e. The molecule has 0 bridgehead atoms. The Morgan fingerprint density at radius 1 is 1.18 bits per heavy atom. The van der Waals surface area contributed by atoms with Crippen molar-refractivity contribution in [2.24, 2.45) is 0 Å². The number of nitrogens with one attached hydrogen (secondary N) is 2. The smallest absolute Gasteiger partial charge is 0.319 e. The second kappa shape index (κ2) is 7.29. The summed E-state index contributed by atoms with van der Waals surface area (Å²) in [5.74, 6) is 0.462. The van der Waals surface area contributed by atoms with Gasteiger partial charge >= 0.3 is 6.03 Å². The fourth-order valence-electron chi connectivity index (χ4n) is 2.80. The van der Waals surface area contributed by atoms with Crippen LogP contribution in [0.2, 0.25) is 0 Å². The minimum Gasteiger partial charge on any atom is -0.343 e. The fourth-order valence-corrected chi connectivity index (χ4v) is 2.80. The van der Waals surface area contributed by atoms with Crippen LogP contribution in [0.4, 0.5) is 10.5 Å². The number of likely N-dealkylation sites (tertiary alicyclic amines) is 1. The summed E-state index contributed by atoms with van der Waals surface area (Å²) >= 11 is 0. The van der Waals surface area contributed by atoms with Crippen LogP contribution in [0.25, 0.3) is 0 Å². The molecule has 1 saturated heterocycles. The molecule has 3 amide bonds. The van der Waals surface area contributed by atoms with E-state index in [1.807, 2.05) is 29.2 Å². The maximum absolute atomic E-state index is 12.2. The van der Waals surface area contributed by atoms with Crippen molar-refractivity contribution in [1.82, 2.24) is 10.2 Å². The number of para-hydroxylation sites is 1. The third-order valence-corrected chi connectivity index (χ3v) is 4.11. The molecule has 0 radical (unpaired) electrons. The van der Waals surface area contributed by atoms with Crippen LogP contribution in [-0.4, -0.2) is 36.0 Å². The molecule has 1 aromatic carbocycles. The zero-order valence-corrected chi connectivity index (χ0v) is 13.6. The van der Waals surface area contributed by atoms with Crippen molar-refractivity contribution < 1.29 is 9.59 Å². The van der Waals surface area contributed by atoms with Gasteiger partial charge in [0.05, 0.1) is 0 Å². The van der Waals surface area contributed by atoms with Crippen LogP contribution in [0.5, 0.6) is 0 Å². The lowest BCUT2D eigenvalue weighted by Crippen LogP contribution is -2.47. The number of nitrogens with zero attached hydrogens (tertiary/aromatic N) is 1. The Labute approximate surface area is 132 Å². The van der Waals surface area contributed by atoms with Crippen molar-refractivity contribution in [3.8, 4) is 0 Å². The number of anilines is 1. The fraction of sp³-hybridized carbons (Fsp3) is 0.529. The first-order valence-electron chi connectivity index (χ1n) is 7.89. The number of piperidine rings is 1. The highest BCUT2D eigenvalue weighted by Crippen LogP contribution is 2.23. The second-order valence-electron chi connectivity index (χ2n) is 6.12. The van der Waals surface area contributed by atoms with Gasteiger partial charge < -0.3 is 15.5 Å². The van der Waals surface area contributed by atoms with Gasteiger partial charge in [-0.3, -0.25) is 4.79 Å². The van der Waals surface area contributed by atoms with E-state index in [0.29, 0.717) is 19.0 Å².